The second-order valence-corrected chi connectivity index (χ2v) is 5.40. The Bertz CT molecular complexity index is 433. The van der Waals surface area contributed by atoms with Crippen LogP contribution in [-0.4, -0.2) is 38.0 Å². The number of sulfonamides is 1. The van der Waals surface area contributed by atoms with E-state index in [9.17, 15) is 8.42 Å². The Morgan fingerprint density at radius 3 is 2.53 bits per heavy atom. The monoisotopic (exact) mass is 249 g/mol. The Hall–Kier alpha value is -0.620. The van der Waals surface area contributed by atoms with Gasteiger partial charge in [-0.15, -0.1) is 0 Å². The number of aliphatic hydroxyl groups excluding tert-OH is 1. The van der Waals surface area contributed by atoms with Crippen molar-refractivity contribution in [2.24, 2.45) is 0 Å². The van der Waals surface area contributed by atoms with Crippen LogP contribution in [0.1, 0.15) is 0 Å². The first-order valence-electron chi connectivity index (χ1n) is 4.32. The summed E-state index contributed by atoms with van der Waals surface area (Å²) in [6.45, 7) is -0.173. The maximum atomic E-state index is 11.9. The van der Waals surface area contributed by atoms with Gasteiger partial charge < -0.3 is 5.11 Å². The minimum Gasteiger partial charge on any atom is -0.395 e. The van der Waals surface area contributed by atoms with Crippen LogP contribution in [0.5, 0.6) is 0 Å². The molecule has 6 heteroatoms. The average Bonchev–Trinajstić information content (AvgIpc) is 2.18. The number of benzene rings is 1. The van der Waals surface area contributed by atoms with Crippen LogP contribution >= 0.6 is 11.6 Å². The Morgan fingerprint density at radius 2 is 2.00 bits per heavy atom. The molecule has 0 saturated carbocycles. The van der Waals surface area contributed by atoms with Crippen LogP contribution in [0.4, 0.5) is 0 Å². The van der Waals surface area contributed by atoms with Crippen molar-refractivity contribution in [3.63, 3.8) is 0 Å². The van der Waals surface area contributed by atoms with Crippen molar-refractivity contribution in [3.05, 3.63) is 29.3 Å². The van der Waals surface area contributed by atoms with E-state index >= 15 is 0 Å². The number of nitrogens with zero attached hydrogens (tertiary/aromatic N) is 1. The van der Waals surface area contributed by atoms with Gasteiger partial charge in [-0.2, -0.15) is 4.31 Å². The van der Waals surface area contributed by atoms with Crippen LogP contribution in [-0.2, 0) is 10.0 Å². The molecule has 4 nitrogen and oxygen atoms in total. The van der Waals surface area contributed by atoms with Crippen molar-refractivity contribution in [1.82, 2.24) is 4.31 Å². The van der Waals surface area contributed by atoms with Gasteiger partial charge in [0.15, 0.2) is 0 Å². The smallest absolute Gasteiger partial charge is 0.244 e. The van der Waals surface area contributed by atoms with Crippen molar-refractivity contribution >= 4 is 21.6 Å². The maximum absolute atomic E-state index is 11.9. The zero-order valence-corrected chi connectivity index (χ0v) is 9.79. The van der Waals surface area contributed by atoms with E-state index in [0.717, 1.165) is 4.31 Å². The lowest BCUT2D eigenvalue weighted by Gasteiger charge is -2.16. The predicted octanol–water partition coefficient (Wildman–Crippen LogP) is 0.953. The lowest BCUT2D eigenvalue weighted by Crippen LogP contribution is -2.29. The molecular formula is C9H12ClNO3S. The van der Waals surface area contributed by atoms with Crippen molar-refractivity contribution in [1.29, 1.82) is 0 Å². The molecule has 0 aliphatic rings. The van der Waals surface area contributed by atoms with Gasteiger partial charge in [0.1, 0.15) is 4.90 Å². The van der Waals surface area contributed by atoms with Crippen molar-refractivity contribution in [2.75, 3.05) is 20.2 Å². The molecule has 1 rings (SSSR count). The van der Waals surface area contributed by atoms with E-state index < -0.39 is 10.0 Å². The molecule has 0 saturated heterocycles. The normalized spacial score (nSPS) is 12.0. The molecule has 15 heavy (non-hydrogen) atoms. The summed E-state index contributed by atoms with van der Waals surface area (Å²) >= 11 is 5.78. The van der Waals surface area contributed by atoms with Gasteiger partial charge in [0, 0.05) is 13.6 Å². The average molecular weight is 250 g/mol. The molecule has 0 unspecified atom stereocenters. The molecule has 0 spiro atoms. The van der Waals surface area contributed by atoms with E-state index in [1.165, 1.54) is 19.2 Å². The van der Waals surface area contributed by atoms with Crippen molar-refractivity contribution in [2.45, 2.75) is 4.90 Å². The summed E-state index contributed by atoms with van der Waals surface area (Å²) in [6, 6.07) is 6.21. The van der Waals surface area contributed by atoms with Gasteiger partial charge >= 0.3 is 0 Å². The Balaban J connectivity index is 3.12. The number of aliphatic hydroxyl groups is 1. The zero-order valence-electron chi connectivity index (χ0n) is 8.22. The second-order valence-electron chi connectivity index (χ2n) is 2.98. The molecule has 1 aromatic carbocycles. The standard InChI is InChI=1S/C9H12ClNO3S/c1-11(6-7-12)15(13,14)9-5-3-2-4-8(9)10/h2-5,12H,6-7H2,1H3. The van der Waals surface area contributed by atoms with Gasteiger partial charge in [-0.05, 0) is 12.1 Å². The second kappa shape index (κ2) is 4.94. The molecule has 1 N–H and O–H groups in total. The molecule has 0 aliphatic carbocycles. The molecule has 84 valence electrons. The van der Waals surface area contributed by atoms with Crippen LogP contribution in [0.3, 0.4) is 0 Å². The van der Waals surface area contributed by atoms with Gasteiger partial charge in [0.25, 0.3) is 0 Å². The number of likely N-dealkylation sites (N-methyl/N-ethyl adjacent to an activating group) is 1. The predicted molar refractivity (Wildman–Crippen MR) is 58.4 cm³/mol. The van der Waals surface area contributed by atoms with Crippen LogP contribution < -0.4 is 0 Å². The van der Waals surface area contributed by atoms with E-state index in [1.807, 2.05) is 0 Å². The minimum absolute atomic E-state index is 0.0492. The third-order valence-corrected chi connectivity index (χ3v) is 4.30. The number of halogens is 1. The van der Waals surface area contributed by atoms with Gasteiger partial charge in [-0.25, -0.2) is 8.42 Å². The highest BCUT2D eigenvalue weighted by Gasteiger charge is 2.22. The molecule has 1 aromatic rings. The lowest BCUT2D eigenvalue weighted by molar-refractivity contribution is 0.266. The molecule has 0 aliphatic heterocycles. The SMILES string of the molecule is CN(CCO)S(=O)(=O)c1ccccc1Cl. The van der Waals surface area contributed by atoms with E-state index in [2.05, 4.69) is 0 Å². The summed E-state index contributed by atoms with van der Waals surface area (Å²) in [7, 11) is -2.19. The quantitative estimate of drug-likeness (QED) is 0.865. The fourth-order valence-corrected chi connectivity index (χ4v) is 2.73. The van der Waals surface area contributed by atoms with Crippen LogP contribution in [0, 0.1) is 0 Å². The summed E-state index contributed by atoms with van der Waals surface area (Å²) < 4.78 is 24.8. The lowest BCUT2D eigenvalue weighted by atomic mass is 10.4. The summed E-state index contributed by atoms with van der Waals surface area (Å²) in [5.41, 5.74) is 0. The highest BCUT2D eigenvalue weighted by atomic mass is 35.5. The number of hydrogen-bond donors (Lipinski definition) is 1. The molecule has 0 atom stereocenters. The van der Waals surface area contributed by atoms with Crippen LogP contribution in [0.25, 0.3) is 0 Å². The Kier molecular flexibility index (Phi) is 4.10. The largest absolute Gasteiger partial charge is 0.395 e. The molecule has 0 fully saturated rings. The van der Waals surface area contributed by atoms with Gasteiger partial charge in [0.05, 0.1) is 11.6 Å². The van der Waals surface area contributed by atoms with Crippen LogP contribution in [0.15, 0.2) is 29.2 Å². The molecular weight excluding hydrogens is 238 g/mol. The van der Waals surface area contributed by atoms with E-state index in [0.29, 0.717) is 0 Å². The molecule has 0 aromatic heterocycles. The third kappa shape index (κ3) is 2.69. The van der Waals surface area contributed by atoms with Crippen molar-refractivity contribution in [3.8, 4) is 0 Å². The van der Waals surface area contributed by atoms with Gasteiger partial charge in [-0.3, -0.25) is 0 Å². The topological polar surface area (TPSA) is 57.6 Å². The first-order valence-corrected chi connectivity index (χ1v) is 6.13. The third-order valence-electron chi connectivity index (χ3n) is 1.94. The van der Waals surface area contributed by atoms with Crippen LogP contribution in [0.2, 0.25) is 5.02 Å². The first kappa shape index (κ1) is 12.4. The number of rotatable bonds is 4. The molecule has 0 radical (unpaired) electrons. The highest BCUT2D eigenvalue weighted by molar-refractivity contribution is 7.89. The minimum atomic E-state index is -3.59. The fourth-order valence-electron chi connectivity index (χ4n) is 1.08. The summed E-state index contributed by atoms with van der Waals surface area (Å²) in [5, 5.41) is 8.86. The summed E-state index contributed by atoms with van der Waals surface area (Å²) in [4.78, 5) is 0.0580. The van der Waals surface area contributed by atoms with Gasteiger partial charge in [0.2, 0.25) is 10.0 Å². The van der Waals surface area contributed by atoms with E-state index in [4.69, 9.17) is 16.7 Å². The zero-order chi connectivity index (χ0) is 11.5. The van der Waals surface area contributed by atoms with Gasteiger partial charge in [-0.1, -0.05) is 23.7 Å². The maximum Gasteiger partial charge on any atom is 0.244 e. The molecule has 0 heterocycles. The molecule has 0 bridgehead atoms. The molecule has 0 amide bonds. The number of hydrogen-bond acceptors (Lipinski definition) is 3. The van der Waals surface area contributed by atoms with E-state index in [1.54, 1.807) is 12.1 Å². The van der Waals surface area contributed by atoms with Crippen molar-refractivity contribution < 1.29 is 13.5 Å². The first-order chi connectivity index (χ1) is 7.00. The Labute approximate surface area is 94.1 Å². The highest BCUT2D eigenvalue weighted by Crippen LogP contribution is 2.22. The summed E-state index contributed by atoms with van der Waals surface area (Å²) in [5.74, 6) is 0. The van der Waals surface area contributed by atoms with E-state index in [-0.39, 0.29) is 23.1 Å². The fraction of sp³-hybridized carbons (Fsp3) is 0.333. The Morgan fingerprint density at radius 1 is 1.40 bits per heavy atom. The summed E-state index contributed by atoms with van der Waals surface area (Å²) in [6.07, 6.45) is 0.